The van der Waals surface area contributed by atoms with Gasteiger partial charge in [0.05, 0.1) is 0 Å². The van der Waals surface area contributed by atoms with Crippen LogP contribution in [0.5, 0.6) is 0 Å². The molecule has 0 amide bonds. The number of hydrogen-bond acceptors (Lipinski definition) is 4. The van der Waals surface area contributed by atoms with E-state index < -0.39 is 30.2 Å². The summed E-state index contributed by atoms with van der Waals surface area (Å²) in [5.41, 5.74) is 2.92. The summed E-state index contributed by atoms with van der Waals surface area (Å²) in [6.07, 6.45) is -2.53. The van der Waals surface area contributed by atoms with Crippen LogP contribution in [0, 0.1) is 5.82 Å². The van der Waals surface area contributed by atoms with Crippen LogP contribution in [0.15, 0.2) is 29.9 Å². The predicted octanol–water partition coefficient (Wildman–Crippen LogP) is 2.95. The van der Waals surface area contributed by atoms with Crippen molar-refractivity contribution in [1.29, 1.82) is 0 Å². The molecule has 0 fully saturated rings. The molecular formula is C14H13F3N2O2. The van der Waals surface area contributed by atoms with Gasteiger partial charge in [0.1, 0.15) is 5.82 Å². The van der Waals surface area contributed by atoms with Crippen LogP contribution in [0.3, 0.4) is 0 Å². The lowest BCUT2D eigenvalue weighted by atomic mass is 9.97. The maximum absolute atomic E-state index is 14.1. The lowest BCUT2D eigenvalue weighted by Crippen LogP contribution is -2.16. The molecule has 1 aliphatic heterocycles. The van der Waals surface area contributed by atoms with Crippen molar-refractivity contribution < 1.29 is 22.7 Å². The molecule has 4 nitrogen and oxygen atoms in total. The number of rotatable bonds is 5. The van der Waals surface area contributed by atoms with Gasteiger partial charge in [0, 0.05) is 11.1 Å². The Morgan fingerprint density at radius 1 is 1.57 bits per heavy atom. The number of ketones is 1. The minimum Gasteiger partial charge on any atom is -0.446 e. The first-order chi connectivity index (χ1) is 9.97. The third kappa shape index (κ3) is 2.91. The molecule has 0 saturated carbocycles. The van der Waals surface area contributed by atoms with E-state index in [-0.39, 0.29) is 16.7 Å². The van der Waals surface area contributed by atoms with Gasteiger partial charge in [0.2, 0.25) is 6.23 Å². The lowest BCUT2D eigenvalue weighted by molar-refractivity contribution is 0.104. The monoisotopic (exact) mass is 298 g/mol. The summed E-state index contributed by atoms with van der Waals surface area (Å²) in [6.45, 7) is 5.07. The summed E-state index contributed by atoms with van der Waals surface area (Å²) < 4.78 is 43.9. The van der Waals surface area contributed by atoms with Crippen molar-refractivity contribution in [3.05, 3.63) is 47.3 Å². The third-order valence-electron chi connectivity index (χ3n) is 3.04. The molecule has 112 valence electrons. The molecule has 1 atom stereocenters. The number of nitrogens with zero attached hydrogens (tertiary/aromatic N) is 1. The van der Waals surface area contributed by atoms with Crippen LogP contribution in [0.1, 0.15) is 34.6 Å². The average molecular weight is 298 g/mol. The Morgan fingerprint density at radius 3 is 2.81 bits per heavy atom. The highest BCUT2D eigenvalue weighted by atomic mass is 19.3. The molecule has 0 spiro atoms. The van der Waals surface area contributed by atoms with E-state index in [0.29, 0.717) is 6.42 Å². The van der Waals surface area contributed by atoms with Gasteiger partial charge in [-0.2, -0.15) is 8.78 Å². The standard InChI is InChI=1S/C14H13F3N2O2/c1-3-8-9(11(20)4-2)5-7(6-10(8)15)13-18-19-14(21-13)12(16)17/h4-6,12-13,18H,2-3H2,1H3. The Hall–Kier alpha value is -2.31. The number of benzene rings is 1. The van der Waals surface area contributed by atoms with Crippen LogP contribution < -0.4 is 5.43 Å². The Bertz CT molecular complexity index is 614. The minimum absolute atomic E-state index is 0.137. The quantitative estimate of drug-likeness (QED) is 0.671. The fourth-order valence-corrected chi connectivity index (χ4v) is 2.04. The molecule has 1 aliphatic rings. The number of carbonyl (C=O) groups excluding carboxylic acids is 1. The molecule has 2 rings (SSSR count). The fourth-order valence-electron chi connectivity index (χ4n) is 2.04. The van der Waals surface area contributed by atoms with Gasteiger partial charge in [-0.3, -0.25) is 10.2 Å². The van der Waals surface area contributed by atoms with Gasteiger partial charge in [-0.15, -0.1) is 5.10 Å². The van der Waals surface area contributed by atoms with Gasteiger partial charge in [-0.05, 0) is 30.2 Å². The van der Waals surface area contributed by atoms with E-state index in [4.69, 9.17) is 4.74 Å². The molecule has 7 heteroatoms. The van der Waals surface area contributed by atoms with Crippen molar-refractivity contribution in [2.75, 3.05) is 0 Å². The molecule has 0 radical (unpaired) electrons. The molecule has 0 saturated heterocycles. The van der Waals surface area contributed by atoms with Crippen molar-refractivity contribution in [3.63, 3.8) is 0 Å². The SMILES string of the molecule is C=CC(=O)c1cc(C2NN=C(C(F)F)O2)cc(F)c1CC. The van der Waals surface area contributed by atoms with Gasteiger partial charge in [-0.1, -0.05) is 13.5 Å². The van der Waals surface area contributed by atoms with Crippen LogP contribution in [-0.4, -0.2) is 18.1 Å². The van der Waals surface area contributed by atoms with Crippen LogP contribution in [0.4, 0.5) is 13.2 Å². The highest BCUT2D eigenvalue weighted by molar-refractivity contribution is 6.05. The molecular weight excluding hydrogens is 285 g/mol. The van der Waals surface area contributed by atoms with Crippen molar-refractivity contribution >= 4 is 11.7 Å². The number of nitrogens with one attached hydrogen (secondary N) is 1. The number of hydrogen-bond donors (Lipinski definition) is 1. The van der Waals surface area contributed by atoms with Crippen LogP contribution in [0.2, 0.25) is 0 Å². The Kier molecular flexibility index (Phi) is 4.30. The van der Waals surface area contributed by atoms with E-state index in [2.05, 4.69) is 17.1 Å². The van der Waals surface area contributed by atoms with E-state index >= 15 is 0 Å². The van der Waals surface area contributed by atoms with Gasteiger partial charge in [0.25, 0.3) is 5.90 Å². The third-order valence-corrected chi connectivity index (χ3v) is 3.04. The summed E-state index contributed by atoms with van der Waals surface area (Å²) in [6, 6.07) is 2.54. The molecule has 0 aromatic heterocycles. The Balaban J connectivity index is 2.37. The molecule has 1 N–H and O–H groups in total. The van der Waals surface area contributed by atoms with E-state index in [1.807, 2.05) is 0 Å². The second kappa shape index (κ2) is 5.99. The summed E-state index contributed by atoms with van der Waals surface area (Å²) >= 11 is 0. The smallest absolute Gasteiger partial charge is 0.314 e. The van der Waals surface area contributed by atoms with Gasteiger partial charge >= 0.3 is 6.43 Å². The van der Waals surface area contributed by atoms with E-state index in [1.54, 1.807) is 6.92 Å². The first-order valence-corrected chi connectivity index (χ1v) is 6.24. The Morgan fingerprint density at radius 2 is 2.29 bits per heavy atom. The van der Waals surface area contributed by atoms with Gasteiger partial charge in [0.15, 0.2) is 5.78 Å². The maximum Gasteiger partial charge on any atom is 0.314 e. The summed E-state index contributed by atoms with van der Waals surface area (Å²) in [5, 5.41) is 3.33. The molecule has 1 aromatic rings. The van der Waals surface area contributed by atoms with Crippen molar-refractivity contribution in [2.45, 2.75) is 26.0 Å². The lowest BCUT2D eigenvalue weighted by Gasteiger charge is -2.15. The van der Waals surface area contributed by atoms with Crippen molar-refractivity contribution in [3.8, 4) is 0 Å². The zero-order valence-electron chi connectivity index (χ0n) is 11.2. The first-order valence-electron chi connectivity index (χ1n) is 6.24. The zero-order valence-corrected chi connectivity index (χ0v) is 11.2. The second-order valence-electron chi connectivity index (χ2n) is 4.33. The van der Waals surface area contributed by atoms with Crippen LogP contribution in [-0.2, 0) is 11.2 Å². The Labute approximate surface area is 119 Å². The average Bonchev–Trinajstić information content (AvgIpc) is 2.95. The fraction of sp³-hybridized carbons (Fsp3) is 0.286. The molecule has 0 aliphatic carbocycles. The maximum atomic E-state index is 14.1. The predicted molar refractivity (Wildman–Crippen MR) is 70.7 cm³/mol. The molecule has 21 heavy (non-hydrogen) atoms. The molecule has 1 unspecified atom stereocenters. The molecule has 1 aromatic carbocycles. The normalized spacial score (nSPS) is 17.2. The number of hydrazone groups is 1. The van der Waals surface area contributed by atoms with Crippen LogP contribution in [0.25, 0.3) is 0 Å². The summed E-state index contributed by atoms with van der Waals surface area (Å²) in [5.74, 6) is -1.81. The van der Waals surface area contributed by atoms with Crippen LogP contribution >= 0.6 is 0 Å². The van der Waals surface area contributed by atoms with Crippen molar-refractivity contribution in [1.82, 2.24) is 5.43 Å². The molecule has 1 heterocycles. The number of carbonyl (C=O) groups is 1. The second-order valence-corrected chi connectivity index (χ2v) is 4.33. The largest absolute Gasteiger partial charge is 0.446 e. The summed E-state index contributed by atoms with van der Waals surface area (Å²) in [4.78, 5) is 11.8. The minimum atomic E-state index is -2.86. The van der Waals surface area contributed by atoms with E-state index in [9.17, 15) is 18.0 Å². The highest BCUT2D eigenvalue weighted by Gasteiger charge is 2.28. The number of ether oxygens (including phenoxy) is 1. The number of allylic oxidation sites excluding steroid dienone is 1. The highest BCUT2D eigenvalue weighted by Crippen LogP contribution is 2.26. The van der Waals surface area contributed by atoms with Gasteiger partial charge < -0.3 is 4.74 Å². The zero-order chi connectivity index (χ0) is 15.6. The molecule has 0 bridgehead atoms. The topological polar surface area (TPSA) is 50.7 Å². The summed E-state index contributed by atoms with van der Waals surface area (Å²) in [7, 11) is 0. The number of halogens is 3. The van der Waals surface area contributed by atoms with E-state index in [0.717, 1.165) is 12.1 Å². The van der Waals surface area contributed by atoms with Gasteiger partial charge in [-0.25, -0.2) is 4.39 Å². The van der Waals surface area contributed by atoms with Crippen molar-refractivity contribution in [2.24, 2.45) is 5.10 Å². The van der Waals surface area contributed by atoms with E-state index in [1.165, 1.54) is 6.07 Å². The first kappa shape index (κ1) is 15.1. The number of alkyl halides is 2.